The summed E-state index contributed by atoms with van der Waals surface area (Å²) >= 11 is 1.45. The van der Waals surface area contributed by atoms with Crippen LogP contribution in [-0.2, 0) is 9.84 Å². The Morgan fingerprint density at radius 3 is 2.38 bits per heavy atom. The average Bonchev–Trinajstić information content (AvgIpc) is 3.54. The molecular formula is C26H22N4O5S2. The van der Waals surface area contributed by atoms with Crippen molar-refractivity contribution in [1.29, 1.82) is 0 Å². The van der Waals surface area contributed by atoms with Gasteiger partial charge in [-0.25, -0.2) is 18.4 Å². The van der Waals surface area contributed by atoms with Gasteiger partial charge in [-0.05, 0) is 36.4 Å². The normalized spacial score (nSPS) is 11.4. The number of aromatic amines is 1. The van der Waals surface area contributed by atoms with Crippen LogP contribution in [0.1, 0.15) is 10.4 Å². The predicted octanol–water partition coefficient (Wildman–Crippen LogP) is 5.38. The summed E-state index contributed by atoms with van der Waals surface area (Å²) in [5.41, 5.74) is 1.80. The number of hydrogen-bond donors (Lipinski definition) is 1. The maximum absolute atomic E-state index is 12.3. The number of H-pyrrole nitrogens is 1. The molecule has 1 amide bonds. The molecule has 0 fully saturated rings. The molecule has 0 unspecified atom stereocenters. The van der Waals surface area contributed by atoms with E-state index >= 15 is 0 Å². The van der Waals surface area contributed by atoms with Crippen LogP contribution in [0.25, 0.3) is 21.9 Å². The van der Waals surface area contributed by atoms with Gasteiger partial charge in [-0.3, -0.25) is 4.79 Å². The zero-order valence-electron chi connectivity index (χ0n) is 20.1. The number of aromatic nitrogens is 3. The first-order valence-corrected chi connectivity index (χ1v) is 13.9. The molecule has 2 aromatic heterocycles. The number of para-hydroxylation sites is 1. The minimum Gasteiger partial charge on any atom is -0.453 e. The molecular weight excluding hydrogens is 512 g/mol. The van der Waals surface area contributed by atoms with Crippen molar-refractivity contribution in [3.63, 3.8) is 0 Å². The highest BCUT2D eigenvalue weighted by molar-refractivity contribution is 7.90. The van der Waals surface area contributed by atoms with Gasteiger partial charge in [0.15, 0.2) is 32.2 Å². The summed E-state index contributed by atoms with van der Waals surface area (Å²) < 4.78 is 36.9. The Bertz CT molecular complexity index is 1690. The molecule has 0 aliphatic rings. The number of fused-ring (bicyclic) bond motifs is 1. The van der Waals surface area contributed by atoms with Crippen molar-refractivity contribution in [3.8, 4) is 33.8 Å². The van der Waals surface area contributed by atoms with Gasteiger partial charge in [-0.15, -0.1) is 11.3 Å². The third-order valence-electron chi connectivity index (χ3n) is 5.39. The lowest BCUT2D eigenvalue weighted by Crippen LogP contribution is -2.21. The number of ether oxygens (including phenoxy) is 2. The van der Waals surface area contributed by atoms with Gasteiger partial charge < -0.3 is 19.4 Å². The molecule has 188 valence electrons. The lowest BCUT2D eigenvalue weighted by molar-refractivity contribution is 0.0827. The molecule has 5 aromatic rings. The zero-order chi connectivity index (χ0) is 26.2. The van der Waals surface area contributed by atoms with Crippen LogP contribution >= 0.6 is 11.3 Å². The second-order valence-electron chi connectivity index (χ2n) is 8.39. The lowest BCUT2D eigenvalue weighted by Gasteiger charge is -2.15. The minimum absolute atomic E-state index is 0.0538. The van der Waals surface area contributed by atoms with E-state index in [1.807, 2.05) is 5.38 Å². The van der Waals surface area contributed by atoms with Crippen LogP contribution in [0.4, 0.5) is 0 Å². The summed E-state index contributed by atoms with van der Waals surface area (Å²) in [6.45, 7) is 0. The number of hydrogen-bond acceptors (Lipinski definition) is 8. The van der Waals surface area contributed by atoms with Gasteiger partial charge in [-0.2, -0.15) is 0 Å². The molecule has 0 atom stereocenters. The summed E-state index contributed by atoms with van der Waals surface area (Å²) in [5.74, 6) is 1.70. The highest BCUT2D eigenvalue weighted by atomic mass is 32.2. The molecule has 11 heteroatoms. The molecule has 2 heterocycles. The first kappa shape index (κ1) is 24.5. The number of rotatable bonds is 7. The lowest BCUT2D eigenvalue weighted by atomic mass is 10.2. The maximum atomic E-state index is 12.3. The molecule has 0 spiro atoms. The van der Waals surface area contributed by atoms with Crippen molar-refractivity contribution in [3.05, 3.63) is 77.8 Å². The molecule has 3 aromatic carbocycles. The van der Waals surface area contributed by atoms with Crippen LogP contribution in [0.2, 0.25) is 0 Å². The van der Waals surface area contributed by atoms with Gasteiger partial charge in [0.2, 0.25) is 0 Å². The van der Waals surface area contributed by atoms with E-state index in [1.54, 1.807) is 74.9 Å². The monoisotopic (exact) mass is 534 g/mol. The fourth-order valence-corrected chi connectivity index (χ4v) is 5.01. The Labute approximate surface area is 217 Å². The van der Waals surface area contributed by atoms with E-state index in [1.165, 1.54) is 22.3 Å². The highest BCUT2D eigenvalue weighted by Crippen LogP contribution is 2.40. The molecule has 0 aliphatic heterocycles. The standard InChI is InChI=1S/C26H22N4O5S2/c1-30(2)26(31)16-8-10-17(11-9-16)34-21-14-18-19(29-24(28-18)25-27-12-13-36-25)15-22(21)35-20-6-4-5-7-23(20)37(3,32)33/h4-15H,1-3H3,(H,28,29). The molecule has 0 aliphatic carbocycles. The largest absolute Gasteiger partial charge is 0.453 e. The van der Waals surface area contributed by atoms with Crippen LogP contribution in [0.5, 0.6) is 23.0 Å². The van der Waals surface area contributed by atoms with E-state index in [-0.39, 0.29) is 22.3 Å². The van der Waals surface area contributed by atoms with Gasteiger partial charge >= 0.3 is 0 Å². The van der Waals surface area contributed by atoms with Gasteiger partial charge in [-0.1, -0.05) is 12.1 Å². The number of sulfone groups is 1. The van der Waals surface area contributed by atoms with Crippen LogP contribution in [-0.4, -0.2) is 54.5 Å². The van der Waals surface area contributed by atoms with Crippen LogP contribution in [0.15, 0.2) is 77.1 Å². The van der Waals surface area contributed by atoms with Crippen molar-refractivity contribution in [1.82, 2.24) is 19.9 Å². The second kappa shape index (κ2) is 9.68. The van der Waals surface area contributed by atoms with E-state index in [0.717, 1.165) is 11.3 Å². The fraction of sp³-hybridized carbons (Fsp3) is 0.115. The van der Waals surface area contributed by atoms with Gasteiger partial charge in [0.05, 0.1) is 11.0 Å². The summed E-state index contributed by atoms with van der Waals surface area (Å²) in [4.78, 5) is 25.9. The maximum Gasteiger partial charge on any atom is 0.253 e. The SMILES string of the molecule is CN(C)C(=O)c1ccc(Oc2cc3[nH]c(-c4nccs4)nc3cc2Oc2ccccc2S(C)(=O)=O)cc1. The quantitative estimate of drug-likeness (QED) is 0.298. The number of amides is 1. The number of carbonyl (C=O) groups is 1. The Hall–Kier alpha value is -4.22. The number of thiazole rings is 1. The number of carbonyl (C=O) groups excluding carboxylic acids is 1. The van der Waals surface area contributed by atoms with Gasteiger partial charge in [0.1, 0.15) is 16.4 Å². The molecule has 1 N–H and O–H groups in total. The van der Waals surface area contributed by atoms with E-state index in [2.05, 4.69) is 15.0 Å². The van der Waals surface area contributed by atoms with Crippen LogP contribution in [0, 0.1) is 0 Å². The fourth-order valence-electron chi connectivity index (χ4n) is 3.63. The molecule has 0 radical (unpaired) electrons. The van der Waals surface area contributed by atoms with Gasteiger partial charge in [0.25, 0.3) is 5.91 Å². The molecule has 9 nitrogen and oxygen atoms in total. The van der Waals surface area contributed by atoms with Crippen LogP contribution in [0.3, 0.4) is 0 Å². The zero-order valence-corrected chi connectivity index (χ0v) is 21.8. The third-order valence-corrected chi connectivity index (χ3v) is 7.30. The van der Waals surface area contributed by atoms with E-state index in [4.69, 9.17) is 9.47 Å². The third kappa shape index (κ3) is 5.18. The van der Waals surface area contributed by atoms with Crippen molar-refractivity contribution in [2.24, 2.45) is 0 Å². The second-order valence-corrected chi connectivity index (χ2v) is 11.3. The molecule has 0 saturated carbocycles. The summed E-state index contributed by atoms with van der Waals surface area (Å²) in [5, 5.41) is 2.59. The Morgan fingerprint density at radius 2 is 1.70 bits per heavy atom. The number of imidazole rings is 1. The minimum atomic E-state index is -3.54. The van der Waals surface area contributed by atoms with E-state index in [9.17, 15) is 13.2 Å². The number of benzene rings is 3. The predicted molar refractivity (Wildman–Crippen MR) is 141 cm³/mol. The van der Waals surface area contributed by atoms with Crippen LogP contribution < -0.4 is 9.47 Å². The first-order chi connectivity index (χ1) is 17.7. The molecule has 37 heavy (non-hydrogen) atoms. The summed E-state index contributed by atoms with van der Waals surface area (Å²) in [6, 6.07) is 16.5. The average molecular weight is 535 g/mol. The topological polar surface area (TPSA) is 114 Å². The van der Waals surface area contributed by atoms with Gasteiger partial charge in [0, 0.05) is 49.6 Å². The highest BCUT2D eigenvalue weighted by Gasteiger charge is 2.19. The Morgan fingerprint density at radius 1 is 0.973 bits per heavy atom. The van der Waals surface area contributed by atoms with Crippen molar-refractivity contribution in [2.45, 2.75) is 4.90 Å². The summed E-state index contributed by atoms with van der Waals surface area (Å²) in [6.07, 6.45) is 2.82. The van der Waals surface area contributed by atoms with E-state index < -0.39 is 9.84 Å². The number of nitrogens with one attached hydrogen (secondary N) is 1. The van der Waals surface area contributed by atoms with Crippen molar-refractivity contribution in [2.75, 3.05) is 20.4 Å². The molecule has 5 rings (SSSR count). The van der Waals surface area contributed by atoms with Crippen molar-refractivity contribution >= 4 is 38.1 Å². The Kier molecular flexibility index (Phi) is 6.40. The smallest absolute Gasteiger partial charge is 0.253 e. The van der Waals surface area contributed by atoms with Crippen molar-refractivity contribution < 1.29 is 22.7 Å². The molecule has 0 bridgehead atoms. The Balaban J connectivity index is 1.57. The summed E-state index contributed by atoms with van der Waals surface area (Å²) in [7, 11) is -0.174. The molecule has 0 saturated heterocycles. The first-order valence-electron chi connectivity index (χ1n) is 11.1. The number of nitrogens with zero attached hydrogens (tertiary/aromatic N) is 3. The van der Waals surface area contributed by atoms with E-state index in [0.29, 0.717) is 33.9 Å².